The van der Waals surface area contributed by atoms with E-state index in [9.17, 15) is 9.59 Å². The predicted molar refractivity (Wildman–Crippen MR) is 102 cm³/mol. The molecule has 2 fully saturated rings. The summed E-state index contributed by atoms with van der Waals surface area (Å²) >= 11 is 3.61. The lowest BCUT2D eigenvalue weighted by Gasteiger charge is -2.19. The molecule has 8 heteroatoms. The summed E-state index contributed by atoms with van der Waals surface area (Å²) in [6.07, 6.45) is 2.10. The zero-order valence-electron chi connectivity index (χ0n) is 14.3. The molecule has 1 aliphatic heterocycles. The zero-order chi connectivity index (χ0) is 18.0. The molecule has 25 heavy (non-hydrogen) atoms. The van der Waals surface area contributed by atoms with E-state index in [2.05, 4.69) is 56.6 Å². The largest absolute Gasteiger partial charge is 0.335 e. The van der Waals surface area contributed by atoms with Gasteiger partial charge >= 0.3 is 6.03 Å². The monoisotopic (exact) mass is 409 g/mol. The third kappa shape index (κ3) is 4.71. The number of halogens is 1. The van der Waals surface area contributed by atoms with Crippen molar-refractivity contribution in [2.45, 2.75) is 49.6 Å². The Bertz CT molecular complexity index is 632. The maximum atomic E-state index is 12.5. The number of urea groups is 1. The van der Waals surface area contributed by atoms with Crippen molar-refractivity contribution in [1.29, 1.82) is 0 Å². The summed E-state index contributed by atoms with van der Waals surface area (Å²) in [5.74, 6) is 0.298. The lowest BCUT2D eigenvalue weighted by Crippen LogP contribution is -2.42. The van der Waals surface area contributed by atoms with E-state index in [0.29, 0.717) is 23.3 Å². The Balaban J connectivity index is 1.52. The van der Waals surface area contributed by atoms with Crippen LogP contribution >= 0.6 is 15.9 Å². The van der Waals surface area contributed by atoms with Gasteiger partial charge in [0.25, 0.3) is 0 Å². The second kappa shape index (κ2) is 7.72. The van der Waals surface area contributed by atoms with Crippen LogP contribution in [-0.4, -0.2) is 34.9 Å². The lowest BCUT2D eigenvalue weighted by atomic mass is 9.99. The standard InChI is InChI=1S/C17H24BrN5O2/c1-9(2)14-13(18)15(23-22-14)16(24)19-10-3-5-11(6-4-10)20-17(25)21-12-7-8-12/h3-6,9,12-15,22-23H,7-8H2,1-2H3,(H,19,24)(H2,20,21,25). The highest BCUT2D eigenvalue weighted by atomic mass is 79.9. The van der Waals surface area contributed by atoms with E-state index in [0.717, 1.165) is 12.8 Å². The predicted octanol–water partition coefficient (Wildman–Crippen LogP) is 2.17. The molecule has 5 N–H and O–H groups in total. The van der Waals surface area contributed by atoms with Crippen molar-refractivity contribution in [3.05, 3.63) is 24.3 Å². The van der Waals surface area contributed by atoms with Gasteiger partial charge in [-0.15, -0.1) is 0 Å². The third-order valence-corrected chi connectivity index (χ3v) is 5.49. The smallest absolute Gasteiger partial charge is 0.319 e. The molecule has 0 spiro atoms. The Kier molecular flexibility index (Phi) is 5.61. The molecule has 7 nitrogen and oxygen atoms in total. The number of benzene rings is 1. The van der Waals surface area contributed by atoms with Crippen molar-refractivity contribution in [2.75, 3.05) is 10.6 Å². The quantitative estimate of drug-likeness (QED) is 0.481. The van der Waals surface area contributed by atoms with Crippen LogP contribution in [0.5, 0.6) is 0 Å². The van der Waals surface area contributed by atoms with Gasteiger partial charge in [0.05, 0.1) is 4.83 Å². The number of nitrogens with one attached hydrogen (secondary N) is 5. The summed E-state index contributed by atoms with van der Waals surface area (Å²) in [6, 6.07) is 7.05. The zero-order valence-corrected chi connectivity index (χ0v) is 15.9. The Morgan fingerprint density at radius 2 is 1.68 bits per heavy atom. The van der Waals surface area contributed by atoms with Gasteiger partial charge in [-0.3, -0.25) is 10.2 Å². The Hall–Kier alpha value is -1.64. The average molecular weight is 410 g/mol. The first-order valence-corrected chi connectivity index (χ1v) is 9.49. The molecule has 3 amide bonds. The molecular formula is C17H24BrN5O2. The van der Waals surface area contributed by atoms with Crippen LogP contribution in [0.1, 0.15) is 26.7 Å². The summed E-state index contributed by atoms with van der Waals surface area (Å²) in [5, 5.41) is 8.54. The highest BCUT2D eigenvalue weighted by Gasteiger charge is 2.39. The molecule has 3 rings (SSSR count). The molecule has 1 aliphatic carbocycles. The SMILES string of the molecule is CC(C)C1NNC(C(=O)Nc2ccc(NC(=O)NC3CC3)cc2)C1Br. The minimum Gasteiger partial charge on any atom is -0.335 e. The van der Waals surface area contributed by atoms with Crippen LogP contribution in [0, 0.1) is 5.92 Å². The van der Waals surface area contributed by atoms with Gasteiger partial charge in [-0.2, -0.15) is 0 Å². The molecule has 1 aromatic carbocycles. The third-order valence-electron chi connectivity index (χ3n) is 4.39. The van der Waals surface area contributed by atoms with E-state index >= 15 is 0 Å². The van der Waals surface area contributed by atoms with Crippen molar-refractivity contribution in [3.8, 4) is 0 Å². The van der Waals surface area contributed by atoms with Gasteiger partial charge in [-0.05, 0) is 43.0 Å². The van der Waals surface area contributed by atoms with Gasteiger partial charge in [-0.1, -0.05) is 29.8 Å². The van der Waals surface area contributed by atoms with Crippen LogP contribution in [-0.2, 0) is 4.79 Å². The summed E-state index contributed by atoms with van der Waals surface area (Å²) in [5.41, 5.74) is 7.58. The van der Waals surface area contributed by atoms with Crippen LogP contribution < -0.4 is 26.8 Å². The normalized spacial score (nSPS) is 25.7. The van der Waals surface area contributed by atoms with Crippen molar-refractivity contribution < 1.29 is 9.59 Å². The minimum absolute atomic E-state index is 0.0135. The first-order valence-electron chi connectivity index (χ1n) is 8.57. The number of amides is 3. The number of rotatable bonds is 5. The van der Waals surface area contributed by atoms with E-state index in [4.69, 9.17) is 0 Å². The molecule has 3 unspecified atom stereocenters. The molecule has 1 saturated carbocycles. The molecule has 1 heterocycles. The lowest BCUT2D eigenvalue weighted by molar-refractivity contribution is -0.117. The van der Waals surface area contributed by atoms with Crippen molar-refractivity contribution >= 4 is 39.2 Å². The highest BCUT2D eigenvalue weighted by molar-refractivity contribution is 9.09. The highest BCUT2D eigenvalue weighted by Crippen LogP contribution is 2.23. The van der Waals surface area contributed by atoms with Gasteiger partial charge in [0.1, 0.15) is 6.04 Å². The van der Waals surface area contributed by atoms with Crippen molar-refractivity contribution in [2.24, 2.45) is 5.92 Å². The number of carbonyl (C=O) groups is 2. The first kappa shape index (κ1) is 18.2. The maximum Gasteiger partial charge on any atom is 0.319 e. The van der Waals surface area contributed by atoms with Gasteiger partial charge in [-0.25, -0.2) is 10.2 Å². The summed E-state index contributed by atoms with van der Waals surface area (Å²) in [7, 11) is 0. The number of anilines is 2. The molecule has 1 saturated heterocycles. The van der Waals surface area contributed by atoms with Gasteiger partial charge in [0, 0.05) is 23.5 Å². The molecule has 3 atom stereocenters. The van der Waals surface area contributed by atoms with Crippen LogP contribution in [0.3, 0.4) is 0 Å². The Morgan fingerprint density at radius 3 is 2.20 bits per heavy atom. The number of hydrazine groups is 1. The first-order chi connectivity index (χ1) is 11.9. The van der Waals surface area contributed by atoms with Crippen molar-refractivity contribution in [1.82, 2.24) is 16.2 Å². The van der Waals surface area contributed by atoms with Crippen molar-refractivity contribution in [3.63, 3.8) is 0 Å². The molecule has 0 radical (unpaired) electrons. The molecule has 136 valence electrons. The topological polar surface area (TPSA) is 94.3 Å². The van der Waals surface area contributed by atoms with Gasteiger partial charge in [0.2, 0.25) is 5.91 Å². The average Bonchev–Trinajstić information content (AvgIpc) is 3.27. The second-order valence-corrected chi connectivity index (χ2v) is 7.98. The second-order valence-electron chi connectivity index (χ2n) is 6.92. The van der Waals surface area contributed by atoms with E-state index in [1.807, 2.05) is 0 Å². The number of carbonyl (C=O) groups excluding carboxylic acids is 2. The van der Waals surface area contributed by atoms with E-state index < -0.39 is 0 Å². The number of alkyl halides is 1. The fraction of sp³-hybridized carbons (Fsp3) is 0.529. The summed E-state index contributed by atoms with van der Waals surface area (Å²) in [4.78, 5) is 24.2. The minimum atomic E-state index is -0.352. The summed E-state index contributed by atoms with van der Waals surface area (Å²) in [6.45, 7) is 4.22. The Morgan fingerprint density at radius 1 is 1.08 bits per heavy atom. The molecular weight excluding hydrogens is 386 g/mol. The maximum absolute atomic E-state index is 12.5. The van der Waals surface area contributed by atoms with E-state index in [1.165, 1.54) is 0 Å². The number of hydrogen-bond acceptors (Lipinski definition) is 4. The van der Waals surface area contributed by atoms with Gasteiger partial charge in [0.15, 0.2) is 0 Å². The molecule has 1 aromatic rings. The fourth-order valence-electron chi connectivity index (χ4n) is 2.73. The number of hydrogen-bond donors (Lipinski definition) is 5. The van der Waals surface area contributed by atoms with E-state index in [-0.39, 0.29) is 28.8 Å². The van der Waals surface area contributed by atoms with Crippen LogP contribution in [0.2, 0.25) is 0 Å². The van der Waals surface area contributed by atoms with Crippen LogP contribution in [0.4, 0.5) is 16.2 Å². The van der Waals surface area contributed by atoms with Crippen LogP contribution in [0.25, 0.3) is 0 Å². The Labute approximate surface area is 155 Å². The molecule has 2 aliphatic rings. The summed E-state index contributed by atoms with van der Waals surface area (Å²) < 4.78 is 0. The van der Waals surface area contributed by atoms with E-state index in [1.54, 1.807) is 24.3 Å². The fourth-order valence-corrected chi connectivity index (χ4v) is 3.85. The molecule has 0 bridgehead atoms. The van der Waals surface area contributed by atoms with Gasteiger partial charge < -0.3 is 16.0 Å². The molecule has 0 aromatic heterocycles. The van der Waals surface area contributed by atoms with Crippen LogP contribution in [0.15, 0.2) is 24.3 Å².